The van der Waals surface area contributed by atoms with Crippen molar-refractivity contribution in [3.63, 3.8) is 0 Å². The second-order valence-electron chi connectivity index (χ2n) is 3.89. The van der Waals surface area contributed by atoms with Gasteiger partial charge >= 0.3 is 0 Å². The number of nitrogens with one attached hydrogen (secondary N) is 1. The number of para-hydroxylation sites is 2. The lowest BCUT2D eigenvalue weighted by Crippen LogP contribution is -2.28. The van der Waals surface area contributed by atoms with E-state index in [1.54, 1.807) is 18.2 Å². The van der Waals surface area contributed by atoms with E-state index in [2.05, 4.69) is 5.32 Å². The smallest absolute Gasteiger partial charge is 0.292 e. The van der Waals surface area contributed by atoms with Gasteiger partial charge in [-0.1, -0.05) is 18.6 Å². The van der Waals surface area contributed by atoms with Crippen LogP contribution in [0.25, 0.3) is 0 Å². The fourth-order valence-electron chi connectivity index (χ4n) is 1.64. The van der Waals surface area contributed by atoms with Gasteiger partial charge in [0.2, 0.25) is 5.91 Å². The summed E-state index contributed by atoms with van der Waals surface area (Å²) in [6.07, 6.45) is 2.83. The molecule has 0 saturated heterocycles. The van der Waals surface area contributed by atoms with Gasteiger partial charge in [0.1, 0.15) is 5.69 Å². The molecule has 1 aliphatic rings. The van der Waals surface area contributed by atoms with Crippen LogP contribution >= 0.6 is 0 Å². The molecule has 1 aliphatic carbocycles. The maximum atomic E-state index is 11.6. The third-order valence-corrected chi connectivity index (χ3v) is 2.83. The summed E-state index contributed by atoms with van der Waals surface area (Å²) in [5, 5.41) is 13.3. The maximum Gasteiger partial charge on any atom is 0.292 e. The van der Waals surface area contributed by atoms with E-state index in [0.717, 1.165) is 19.3 Å². The zero-order chi connectivity index (χ0) is 11.5. The van der Waals surface area contributed by atoms with E-state index in [-0.39, 0.29) is 23.2 Å². The first-order valence-corrected chi connectivity index (χ1v) is 5.23. The van der Waals surface area contributed by atoms with Crippen LogP contribution in [-0.2, 0) is 4.79 Å². The van der Waals surface area contributed by atoms with Gasteiger partial charge in [-0.3, -0.25) is 14.9 Å². The average molecular weight is 220 g/mol. The van der Waals surface area contributed by atoms with E-state index in [0.29, 0.717) is 0 Å². The summed E-state index contributed by atoms with van der Waals surface area (Å²) in [5.74, 6) is -0.0830. The number of nitrogens with zero attached hydrogens (tertiary/aromatic N) is 1. The fraction of sp³-hybridized carbons (Fsp3) is 0.364. The van der Waals surface area contributed by atoms with Crippen LogP contribution in [0.5, 0.6) is 0 Å². The molecule has 0 heterocycles. The van der Waals surface area contributed by atoms with Gasteiger partial charge in [0, 0.05) is 12.0 Å². The molecule has 0 spiro atoms. The van der Waals surface area contributed by atoms with Crippen LogP contribution < -0.4 is 5.32 Å². The molecular weight excluding hydrogens is 208 g/mol. The van der Waals surface area contributed by atoms with E-state index in [1.807, 2.05) is 0 Å². The number of hydrogen-bond acceptors (Lipinski definition) is 3. The molecule has 2 rings (SSSR count). The molecule has 1 amide bonds. The van der Waals surface area contributed by atoms with Crippen LogP contribution in [0.1, 0.15) is 19.3 Å². The summed E-state index contributed by atoms with van der Waals surface area (Å²) in [6, 6.07) is 6.19. The molecule has 0 aromatic heterocycles. The molecule has 84 valence electrons. The minimum atomic E-state index is -0.490. The first-order valence-electron chi connectivity index (χ1n) is 5.23. The molecule has 1 aromatic carbocycles. The molecule has 0 aliphatic heterocycles. The second kappa shape index (κ2) is 4.30. The predicted octanol–water partition coefficient (Wildman–Crippen LogP) is 2.33. The number of amides is 1. The molecule has 0 atom stereocenters. The van der Waals surface area contributed by atoms with Crippen LogP contribution in [0.15, 0.2) is 24.3 Å². The lowest BCUT2D eigenvalue weighted by atomic mass is 9.85. The summed E-state index contributed by atoms with van der Waals surface area (Å²) in [5.41, 5.74) is 0.222. The van der Waals surface area contributed by atoms with Crippen LogP contribution in [0.3, 0.4) is 0 Å². The molecule has 5 nitrogen and oxygen atoms in total. The normalized spacial score (nSPS) is 15.2. The minimum Gasteiger partial charge on any atom is -0.320 e. The molecule has 0 bridgehead atoms. The molecule has 1 fully saturated rings. The highest BCUT2D eigenvalue weighted by molar-refractivity contribution is 5.95. The summed E-state index contributed by atoms with van der Waals surface area (Å²) in [4.78, 5) is 21.9. The van der Waals surface area contributed by atoms with E-state index < -0.39 is 4.92 Å². The zero-order valence-corrected chi connectivity index (χ0v) is 8.68. The van der Waals surface area contributed by atoms with Crippen molar-refractivity contribution in [3.05, 3.63) is 34.4 Å². The second-order valence-corrected chi connectivity index (χ2v) is 3.89. The summed E-state index contributed by atoms with van der Waals surface area (Å²) in [6.45, 7) is 0. The van der Waals surface area contributed by atoms with Crippen molar-refractivity contribution in [2.45, 2.75) is 19.3 Å². The van der Waals surface area contributed by atoms with Crippen LogP contribution in [0, 0.1) is 16.0 Å². The van der Waals surface area contributed by atoms with Crippen molar-refractivity contribution >= 4 is 17.3 Å². The monoisotopic (exact) mass is 220 g/mol. The van der Waals surface area contributed by atoms with Crippen molar-refractivity contribution in [3.8, 4) is 0 Å². The van der Waals surface area contributed by atoms with Crippen molar-refractivity contribution in [2.24, 2.45) is 5.92 Å². The van der Waals surface area contributed by atoms with E-state index >= 15 is 0 Å². The number of nitro groups is 1. The SMILES string of the molecule is O=C(Nc1ccccc1[N+](=O)[O-])C1CCC1. The Labute approximate surface area is 92.6 Å². The van der Waals surface area contributed by atoms with E-state index in [4.69, 9.17) is 0 Å². The Bertz CT molecular complexity index is 427. The Morgan fingerprint density at radius 3 is 2.62 bits per heavy atom. The molecule has 0 radical (unpaired) electrons. The number of carbonyl (C=O) groups excluding carboxylic acids is 1. The molecule has 5 heteroatoms. The predicted molar refractivity (Wildman–Crippen MR) is 59.1 cm³/mol. The number of anilines is 1. The first-order chi connectivity index (χ1) is 7.68. The van der Waals surface area contributed by atoms with Gasteiger partial charge in [0.15, 0.2) is 0 Å². The number of hydrogen-bond donors (Lipinski definition) is 1. The molecule has 0 unspecified atom stereocenters. The van der Waals surface area contributed by atoms with E-state index in [1.165, 1.54) is 6.07 Å². The Morgan fingerprint density at radius 1 is 1.38 bits per heavy atom. The molecular formula is C11H12N2O3. The molecule has 1 aromatic rings. The number of nitro benzene ring substituents is 1. The van der Waals surface area contributed by atoms with Gasteiger partial charge in [0.25, 0.3) is 5.69 Å². The number of carbonyl (C=O) groups is 1. The van der Waals surface area contributed by atoms with Gasteiger partial charge in [-0.05, 0) is 18.9 Å². The van der Waals surface area contributed by atoms with Crippen LogP contribution in [0.2, 0.25) is 0 Å². The zero-order valence-electron chi connectivity index (χ0n) is 8.68. The third kappa shape index (κ3) is 2.03. The Kier molecular flexibility index (Phi) is 2.85. The topological polar surface area (TPSA) is 72.2 Å². The number of benzene rings is 1. The fourth-order valence-corrected chi connectivity index (χ4v) is 1.64. The van der Waals surface area contributed by atoms with Gasteiger partial charge in [-0.2, -0.15) is 0 Å². The largest absolute Gasteiger partial charge is 0.320 e. The molecule has 1 saturated carbocycles. The lowest BCUT2D eigenvalue weighted by Gasteiger charge is -2.23. The lowest BCUT2D eigenvalue weighted by molar-refractivity contribution is -0.383. The highest BCUT2D eigenvalue weighted by atomic mass is 16.6. The summed E-state index contributed by atoms with van der Waals surface area (Å²) < 4.78 is 0. The van der Waals surface area contributed by atoms with Gasteiger partial charge in [0.05, 0.1) is 4.92 Å². The first kappa shape index (κ1) is 10.6. The quantitative estimate of drug-likeness (QED) is 0.627. The Morgan fingerprint density at radius 2 is 2.06 bits per heavy atom. The molecule has 16 heavy (non-hydrogen) atoms. The summed E-state index contributed by atoms with van der Waals surface area (Å²) in [7, 11) is 0. The van der Waals surface area contributed by atoms with Crippen molar-refractivity contribution in [1.82, 2.24) is 0 Å². The van der Waals surface area contributed by atoms with Gasteiger partial charge in [-0.25, -0.2) is 0 Å². The van der Waals surface area contributed by atoms with Crippen molar-refractivity contribution < 1.29 is 9.72 Å². The standard InChI is InChI=1S/C11H12N2O3/c14-11(8-4-3-5-8)12-9-6-1-2-7-10(9)13(15)16/h1-2,6-8H,3-5H2,(H,12,14). The highest BCUT2D eigenvalue weighted by Gasteiger charge is 2.26. The molecule has 1 N–H and O–H groups in total. The van der Waals surface area contributed by atoms with Crippen LogP contribution in [-0.4, -0.2) is 10.8 Å². The Balaban J connectivity index is 2.13. The number of rotatable bonds is 3. The minimum absolute atomic E-state index is 0.0276. The van der Waals surface area contributed by atoms with Crippen molar-refractivity contribution in [1.29, 1.82) is 0 Å². The maximum absolute atomic E-state index is 11.6. The third-order valence-electron chi connectivity index (χ3n) is 2.83. The van der Waals surface area contributed by atoms with Gasteiger partial charge in [-0.15, -0.1) is 0 Å². The van der Waals surface area contributed by atoms with Crippen molar-refractivity contribution in [2.75, 3.05) is 5.32 Å². The average Bonchev–Trinajstić information content (AvgIpc) is 2.15. The van der Waals surface area contributed by atoms with Crippen LogP contribution in [0.4, 0.5) is 11.4 Å². The van der Waals surface area contributed by atoms with Gasteiger partial charge < -0.3 is 5.32 Å². The van der Waals surface area contributed by atoms with E-state index in [9.17, 15) is 14.9 Å². The highest BCUT2D eigenvalue weighted by Crippen LogP contribution is 2.29. The Hall–Kier alpha value is -1.91. The summed E-state index contributed by atoms with van der Waals surface area (Å²) >= 11 is 0.